The first-order chi connectivity index (χ1) is 10.3. The van der Waals surface area contributed by atoms with Crippen molar-refractivity contribution in [2.75, 3.05) is 20.2 Å². The molecule has 2 atom stereocenters. The SMILES string of the molecule is COC(=O)c1ccc(Cl)c(S(=O)(=O)N2CC(C)CC(C)C2)c1. The third-order valence-electron chi connectivity index (χ3n) is 3.81. The van der Waals surface area contributed by atoms with Gasteiger partial charge in [-0.15, -0.1) is 0 Å². The maximum absolute atomic E-state index is 12.9. The van der Waals surface area contributed by atoms with Crippen molar-refractivity contribution in [3.8, 4) is 0 Å². The molecular formula is C15H20ClNO4S. The number of carbonyl (C=O) groups excluding carboxylic acids is 1. The van der Waals surface area contributed by atoms with Gasteiger partial charge in [0, 0.05) is 13.1 Å². The van der Waals surface area contributed by atoms with Crippen LogP contribution in [0.15, 0.2) is 23.1 Å². The van der Waals surface area contributed by atoms with Gasteiger partial charge in [0.05, 0.1) is 17.7 Å². The molecule has 0 aromatic heterocycles. The number of methoxy groups -OCH3 is 1. The second kappa shape index (κ2) is 6.56. The second-order valence-electron chi connectivity index (χ2n) is 5.90. The highest BCUT2D eigenvalue weighted by atomic mass is 35.5. The minimum atomic E-state index is -3.73. The molecule has 1 fully saturated rings. The van der Waals surface area contributed by atoms with E-state index in [1.54, 1.807) is 0 Å². The molecule has 2 rings (SSSR count). The van der Waals surface area contributed by atoms with E-state index in [0.717, 1.165) is 6.42 Å². The average Bonchev–Trinajstić information content (AvgIpc) is 2.45. The van der Waals surface area contributed by atoms with Crippen LogP contribution in [0.3, 0.4) is 0 Å². The number of benzene rings is 1. The van der Waals surface area contributed by atoms with Gasteiger partial charge in [0.2, 0.25) is 10.0 Å². The molecule has 0 spiro atoms. The van der Waals surface area contributed by atoms with E-state index in [1.165, 1.54) is 29.6 Å². The van der Waals surface area contributed by atoms with Crippen LogP contribution in [-0.2, 0) is 14.8 Å². The van der Waals surface area contributed by atoms with Crippen LogP contribution in [0.25, 0.3) is 0 Å². The van der Waals surface area contributed by atoms with Gasteiger partial charge in [-0.25, -0.2) is 13.2 Å². The minimum Gasteiger partial charge on any atom is -0.465 e. The smallest absolute Gasteiger partial charge is 0.337 e. The monoisotopic (exact) mass is 345 g/mol. The first-order valence-electron chi connectivity index (χ1n) is 7.13. The van der Waals surface area contributed by atoms with Crippen molar-refractivity contribution in [3.63, 3.8) is 0 Å². The molecule has 22 heavy (non-hydrogen) atoms. The van der Waals surface area contributed by atoms with E-state index in [-0.39, 0.29) is 15.5 Å². The zero-order valence-corrected chi connectivity index (χ0v) is 14.4. The molecule has 0 N–H and O–H groups in total. The van der Waals surface area contributed by atoms with Crippen molar-refractivity contribution in [3.05, 3.63) is 28.8 Å². The van der Waals surface area contributed by atoms with Crippen LogP contribution in [-0.4, -0.2) is 38.9 Å². The normalized spacial score (nSPS) is 23.3. The molecule has 1 aromatic rings. The Morgan fingerprint density at radius 3 is 2.41 bits per heavy atom. The Morgan fingerprint density at radius 1 is 1.27 bits per heavy atom. The van der Waals surface area contributed by atoms with Crippen LogP contribution >= 0.6 is 11.6 Å². The number of hydrogen-bond acceptors (Lipinski definition) is 4. The predicted octanol–water partition coefficient (Wildman–Crippen LogP) is 2.79. The van der Waals surface area contributed by atoms with Crippen molar-refractivity contribution >= 4 is 27.6 Å². The number of hydrogen-bond donors (Lipinski definition) is 0. The quantitative estimate of drug-likeness (QED) is 0.790. The third kappa shape index (κ3) is 3.45. The van der Waals surface area contributed by atoms with Crippen LogP contribution in [0.4, 0.5) is 0 Å². The van der Waals surface area contributed by atoms with Gasteiger partial charge in [0.15, 0.2) is 0 Å². The van der Waals surface area contributed by atoms with E-state index in [9.17, 15) is 13.2 Å². The predicted molar refractivity (Wildman–Crippen MR) is 84.5 cm³/mol. The summed E-state index contributed by atoms with van der Waals surface area (Å²) in [6.45, 7) is 4.99. The lowest BCUT2D eigenvalue weighted by Crippen LogP contribution is -2.42. The zero-order chi connectivity index (χ0) is 16.5. The molecule has 2 unspecified atom stereocenters. The Kier molecular flexibility index (Phi) is 5.14. The fraction of sp³-hybridized carbons (Fsp3) is 0.533. The van der Waals surface area contributed by atoms with Crippen LogP contribution in [0.1, 0.15) is 30.6 Å². The number of halogens is 1. The van der Waals surface area contributed by atoms with Crippen LogP contribution in [0.2, 0.25) is 5.02 Å². The number of ether oxygens (including phenoxy) is 1. The topological polar surface area (TPSA) is 63.7 Å². The number of esters is 1. The number of piperidine rings is 1. The maximum atomic E-state index is 12.9. The highest BCUT2D eigenvalue weighted by Crippen LogP contribution is 2.30. The van der Waals surface area contributed by atoms with E-state index in [2.05, 4.69) is 4.74 Å². The summed E-state index contributed by atoms with van der Waals surface area (Å²) in [6.07, 6.45) is 1.00. The highest BCUT2D eigenvalue weighted by molar-refractivity contribution is 7.89. The molecule has 122 valence electrons. The molecule has 1 heterocycles. The van der Waals surface area contributed by atoms with Gasteiger partial charge in [-0.1, -0.05) is 25.4 Å². The molecule has 0 bridgehead atoms. The van der Waals surface area contributed by atoms with Crippen molar-refractivity contribution < 1.29 is 17.9 Å². The van der Waals surface area contributed by atoms with Gasteiger partial charge >= 0.3 is 5.97 Å². The van der Waals surface area contributed by atoms with Gasteiger partial charge in [-0.3, -0.25) is 0 Å². The Labute approximate surface area is 136 Å². The summed E-state index contributed by atoms with van der Waals surface area (Å²) in [7, 11) is -2.48. The van der Waals surface area contributed by atoms with E-state index >= 15 is 0 Å². The lowest BCUT2D eigenvalue weighted by Gasteiger charge is -2.34. The molecule has 1 saturated heterocycles. The number of carbonyl (C=O) groups is 1. The fourth-order valence-corrected chi connectivity index (χ4v) is 5.07. The summed E-state index contributed by atoms with van der Waals surface area (Å²) in [5.74, 6) is -0.00400. The molecule has 1 aromatic carbocycles. The Hall–Kier alpha value is -1.11. The van der Waals surface area contributed by atoms with Crippen molar-refractivity contribution in [2.24, 2.45) is 11.8 Å². The lowest BCUT2D eigenvalue weighted by atomic mass is 9.94. The Morgan fingerprint density at radius 2 is 1.86 bits per heavy atom. The molecular weight excluding hydrogens is 326 g/mol. The summed E-state index contributed by atoms with van der Waals surface area (Å²) in [5.41, 5.74) is 0.170. The highest BCUT2D eigenvalue weighted by Gasteiger charge is 2.33. The van der Waals surface area contributed by atoms with Gasteiger partial charge in [0.1, 0.15) is 4.90 Å². The van der Waals surface area contributed by atoms with Gasteiger partial charge in [0.25, 0.3) is 0 Å². The minimum absolute atomic E-state index is 0.0432. The molecule has 5 nitrogen and oxygen atoms in total. The summed E-state index contributed by atoms with van der Waals surface area (Å²) in [5, 5.41) is 0.110. The number of rotatable bonds is 3. The molecule has 0 radical (unpaired) electrons. The maximum Gasteiger partial charge on any atom is 0.337 e. The van der Waals surface area contributed by atoms with Crippen LogP contribution in [0.5, 0.6) is 0 Å². The van der Waals surface area contributed by atoms with E-state index in [0.29, 0.717) is 24.9 Å². The van der Waals surface area contributed by atoms with Crippen molar-refractivity contribution in [2.45, 2.75) is 25.2 Å². The van der Waals surface area contributed by atoms with Crippen LogP contribution in [0, 0.1) is 11.8 Å². The van der Waals surface area contributed by atoms with Gasteiger partial charge in [-0.2, -0.15) is 4.31 Å². The van der Waals surface area contributed by atoms with Gasteiger partial charge < -0.3 is 4.74 Å². The average molecular weight is 346 g/mol. The molecule has 1 aliphatic rings. The zero-order valence-electron chi connectivity index (χ0n) is 12.9. The van der Waals surface area contributed by atoms with Gasteiger partial charge in [-0.05, 0) is 36.5 Å². The molecule has 0 saturated carbocycles. The summed E-state index contributed by atoms with van der Waals surface area (Å²) < 4.78 is 31.8. The molecule has 0 aliphatic carbocycles. The summed E-state index contributed by atoms with van der Waals surface area (Å²) in [6, 6.07) is 4.15. The van der Waals surface area contributed by atoms with E-state index in [1.807, 2.05) is 13.8 Å². The van der Waals surface area contributed by atoms with Crippen LogP contribution < -0.4 is 0 Å². The van der Waals surface area contributed by atoms with E-state index < -0.39 is 16.0 Å². The fourth-order valence-electron chi connectivity index (χ4n) is 2.89. The lowest BCUT2D eigenvalue weighted by molar-refractivity contribution is 0.0600. The molecule has 7 heteroatoms. The van der Waals surface area contributed by atoms with E-state index in [4.69, 9.17) is 11.6 Å². The molecule has 0 amide bonds. The first-order valence-corrected chi connectivity index (χ1v) is 8.95. The van der Waals surface area contributed by atoms with Crippen molar-refractivity contribution in [1.29, 1.82) is 0 Å². The number of sulfonamides is 1. The largest absolute Gasteiger partial charge is 0.465 e. The summed E-state index contributed by atoms with van der Waals surface area (Å²) >= 11 is 6.06. The Bertz CT molecular complexity index is 664. The Balaban J connectivity index is 2.42. The second-order valence-corrected chi connectivity index (χ2v) is 8.22. The standard InChI is InChI=1S/C15H20ClNO4S/c1-10-6-11(2)9-17(8-10)22(19,20)14-7-12(15(18)21-3)4-5-13(14)16/h4-5,7,10-11H,6,8-9H2,1-3H3. The molecule has 1 aliphatic heterocycles. The number of nitrogens with zero attached hydrogens (tertiary/aromatic N) is 1. The summed E-state index contributed by atoms with van der Waals surface area (Å²) in [4.78, 5) is 11.6. The third-order valence-corrected chi connectivity index (χ3v) is 6.12. The van der Waals surface area contributed by atoms with Crippen molar-refractivity contribution in [1.82, 2.24) is 4.31 Å². The first kappa shape index (κ1) is 17.2.